The lowest BCUT2D eigenvalue weighted by Gasteiger charge is -2.17. The van der Waals surface area contributed by atoms with E-state index in [0.29, 0.717) is 26.1 Å². The Balaban J connectivity index is 1.77. The number of hydrogen-bond donors (Lipinski definition) is 3. The lowest BCUT2D eigenvalue weighted by molar-refractivity contribution is 0.207. The molecule has 1 atom stereocenters. The molecule has 1 aliphatic heterocycles. The van der Waals surface area contributed by atoms with E-state index in [1.54, 1.807) is 4.90 Å². The van der Waals surface area contributed by atoms with Gasteiger partial charge < -0.3 is 20.9 Å². The third kappa shape index (κ3) is 4.80. The zero-order valence-electron chi connectivity index (χ0n) is 12.9. The molecule has 1 aliphatic rings. The second kappa shape index (κ2) is 7.75. The lowest BCUT2D eigenvalue weighted by Crippen LogP contribution is -2.45. The van der Waals surface area contributed by atoms with Gasteiger partial charge in [0.2, 0.25) is 0 Å². The van der Waals surface area contributed by atoms with E-state index in [1.807, 2.05) is 6.92 Å². The van der Waals surface area contributed by atoms with Gasteiger partial charge in [-0.2, -0.15) is 0 Å². The van der Waals surface area contributed by atoms with Gasteiger partial charge in [-0.15, -0.1) is 0 Å². The highest BCUT2D eigenvalue weighted by Gasteiger charge is 2.26. The van der Waals surface area contributed by atoms with Crippen molar-refractivity contribution in [2.45, 2.75) is 25.9 Å². The number of likely N-dealkylation sites (tertiary alicyclic amines) is 1. The van der Waals surface area contributed by atoms with Crippen molar-refractivity contribution in [2.75, 3.05) is 19.6 Å². The first kappa shape index (κ1) is 17.0. The maximum Gasteiger partial charge on any atom is 0.317 e. The van der Waals surface area contributed by atoms with E-state index in [-0.39, 0.29) is 24.2 Å². The summed E-state index contributed by atoms with van der Waals surface area (Å²) in [5, 5.41) is 7.91. The van der Waals surface area contributed by atoms with Gasteiger partial charge in [-0.25, -0.2) is 18.4 Å². The molecule has 1 saturated heterocycles. The van der Waals surface area contributed by atoms with E-state index in [9.17, 15) is 18.4 Å². The number of hydrogen-bond acceptors (Lipinski definition) is 2. The molecule has 0 unspecified atom stereocenters. The minimum absolute atomic E-state index is 0.0792. The number of rotatable bonds is 4. The summed E-state index contributed by atoms with van der Waals surface area (Å²) in [6, 6.07) is 2.30. The van der Waals surface area contributed by atoms with Crippen molar-refractivity contribution in [1.82, 2.24) is 20.9 Å². The van der Waals surface area contributed by atoms with Crippen molar-refractivity contribution in [1.29, 1.82) is 0 Å². The first-order valence-electron chi connectivity index (χ1n) is 7.50. The average molecular weight is 326 g/mol. The van der Waals surface area contributed by atoms with E-state index in [2.05, 4.69) is 16.0 Å². The minimum Gasteiger partial charge on any atom is -0.338 e. The Labute approximate surface area is 133 Å². The fraction of sp³-hybridized carbons (Fsp3) is 0.467. The van der Waals surface area contributed by atoms with Crippen LogP contribution in [0.2, 0.25) is 0 Å². The first-order chi connectivity index (χ1) is 11.0. The highest BCUT2D eigenvalue weighted by molar-refractivity contribution is 5.76. The Hall–Kier alpha value is -2.38. The first-order valence-corrected chi connectivity index (χ1v) is 7.50. The maximum absolute atomic E-state index is 13.4. The molecule has 3 N–H and O–H groups in total. The summed E-state index contributed by atoms with van der Waals surface area (Å²) in [6.07, 6.45) is 0.652. The lowest BCUT2D eigenvalue weighted by atomic mass is 10.2. The van der Waals surface area contributed by atoms with Gasteiger partial charge in [0.05, 0.1) is 0 Å². The number of carbonyl (C=O) groups is 2. The summed E-state index contributed by atoms with van der Waals surface area (Å²) in [6.45, 7) is 3.26. The summed E-state index contributed by atoms with van der Waals surface area (Å²) in [5.41, 5.74) is 0.0792. The molecule has 1 fully saturated rings. The number of benzene rings is 1. The molecule has 23 heavy (non-hydrogen) atoms. The largest absolute Gasteiger partial charge is 0.338 e. The predicted molar refractivity (Wildman–Crippen MR) is 80.8 cm³/mol. The van der Waals surface area contributed by atoms with Crippen LogP contribution in [0, 0.1) is 11.6 Å². The van der Waals surface area contributed by atoms with Crippen molar-refractivity contribution in [3.05, 3.63) is 35.4 Å². The molecule has 1 heterocycles. The van der Waals surface area contributed by atoms with Crippen molar-refractivity contribution in [3.8, 4) is 0 Å². The molecule has 1 aromatic carbocycles. The summed E-state index contributed by atoms with van der Waals surface area (Å²) < 4.78 is 26.5. The van der Waals surface area contributed by atoms with Crippen LogP contribution in [-0.2, 0) is 6.54 Å². The van der Waals surface area contributed by atoms with E-state index in [0.717, 1.165) is 18.2 Å². The molecule has 8 heteroatoms. The van der Waals surface area contributed by atoms with Gasteiger partial charge in [-0.3, -0.25) is 0 Å². The molecule has 0 radical (unpaired) electrons. The molecule has 0 saturated carbocycles. The summed E-state index contributed by atoms with van der Waals surface area (Å²) in [4.78, 5) is 25.1. The SMILES string of the molecule is CCNC(=O)N1CC[C@@H](NC(=O)NCc2cc(F)ccc2F)C1. The predicted octanol–water partition coefficient (Wildman–Crippen LogP) is 1.57. The van der Waals surface area contributed by atoms with E-state index >= 15 is 0 Å². The highest BCUT2D eigenvalue weighted by atomic mass is 19.1. The van der Waals surface area contributed by atoms with Crippen molar-refractivity contribution >= 4 is 12.1 Å². The quantitative estimate of drug-likeness (QED) is 0.786. The van der Waals surface area contributed by atoms with Gasteiger partial charge in [-0.1, -0.05) is 0 Å². The Morgan fingerprint density at radius 2 is 2.09 bits per heavy atom. The zero-order chi connectivity index (χ0) is 16.8. The summed E-state index contributed by atoms with van der Waals surface area (Å²) >= 11 is 0. The maximum atomic E-state index is 13.4. The molecule has 6 nitrogen and oxygen atoms in total. The number of halogens is 2. The van der Waals surface area contributed by atoms with Gasteiger partial charge in [-0.05, 0) is 31.5 Å². The number of urea groups is 2. The summed E-state index contributed by atoms with van der Waals surface area (Å²) in [5.74, 6) is -1.13. The Morgan fingerprint density at radius 3 is 2.83 bits per heavy atom. The van der Waals surface area contributed by atoms with Gasteiger partial charge in [0.25, 0.3) is 0 Å². The fourth-order valence-electron chi connectivity index (χ4n) is 2.42. The normalized spacial score (nSPS) is 17.0. The van der Waals surface area contributed by atoms with Crippen LogP contribution in [0.3, 0.4) is 0 Å². The smallest absolute Gasteiger partial charge is 0.317 e. The van der Waals surface area contributed by atoms with E-state index < -0.39 is 17.7 Å². The monoisotopic (exact) mass is 326 g/mol. The van der Waals surface area contributed by atoms with Crippen LogP contribution in [0.25, 0.3) is 0 Å². The third-order valence-electron chi connectivity index (χ3n) is 3.59. The highest BCUT2D eigenvalue weighted by Crippen LogP contribution is 2.10. The van der Waals surface area contributed by atoms with Gasteiger partial charge in [0.15, 0.2) is 0 Å². The van der Waals surface area contributed by atoms with Gasteiger partial charge in [0.1, 0.15) is 11.6 Å². The molecule has 2 rings (SSSR count). The number of nitrogens with one attached hydrogen (secondary N) is 3. The van der Waals surface area contributed by atoms with Crippen LogP contribution in [0.4, 0.5) is 18.4 Å². The molecular weight excluding hydrogens is 306 g/mol. The number of amides is 4. The molecule has 126 valence electrons. The zero-order valence-corrected chi connectivity index (χ0v) is 12.9. The van der Waals surface area contributed by atoms with Crippen LogP contribution in [0.15, 0.2) is 18.2 Å². The minimum atomic E-state index is -0.574. The van der Waals surface area contributed by atoms with Crippen molar-refractivity contribution < 1.29 is 18.4 Å². The van der Waals surface area contributed by atoms with Crippen LogP contribution in [0.5, 0.6) is 0 Å². The van der Waals surface area contributed by atoms with Crippen molar-refractivity contribution in [3.63, 3.8) is 0 Å². The Bertz CT molecular complexity index is 583. The topological polar surface area (TPSA) is 73.5 Å². The van der Waals surface area contributed by atoms with E-state index in [4.69, 9.17) is 0 Å². The molecule has 4 amide bonds. The third-order valence-corrected chi connectivity index (χ3v) is 3.59. The molecule has 0 aliphatic carbocycles. The number of carbonyl (C=O) groups excluding carboxylic acids is 2. The van der Waals surface area contributed by atoms with Crippen LogP contribution in [-0.4, -0.2) is 42.6 Å². The molecule has 0 bridgehead atoms. The standard InChI is InChI=1S/C15H20F2N4O2/c1-2-18-15(23)21-6-5-12(9-21)20-14(22)19-8-10-7-11(16)3-4-13(10)17/h3-4,7,12H,2,5-6,8-9H2,1H3,(H,18,23)(H2,19,20,22)/t12-/m1/s1. The average Bonchev–Trinajstić information content (AvgIpc) is 2.97. The van der Waals surface area contributed by atoms with Gasteiger partial charge in [0, 0.05) is 37.8 Å². The Morgan fingerprint density at radius 1 is 1.30 bits per heavy atom. The van der Waals surface area contributed by atoms with Gasteiger partial charge >= 0.3 is 12.1 Å². The molecule has 0 spiro atoms. The molecule has 1 aromatic rings. The number of nitrogens with zero attached hydrogens (tertiary/aromatic N) is 1. The van der Waals surface area contributed by atoms with Crippen LogP contribution >= 0.6 is 0 Å². The second-order valence-electron chi connectivity index (χ2n) is 5.33. The van der Waals surface area contributed by atoms with Crippen molar-refractivity contribution in [2.24, 2.45) is 0 Å². The molecule has 0 aromatic heterocycles. The Kier molecular flexibility index (Phi) is 5.72. The fourth-order valence-corrected chi connectivity index (χ4v) is 2.42. The van der Waals surface area contributed by atoms with E-state index in [1.165, 1.54) is 0 Å². The summed E-state index contributed by atoms with van der Waals surface area (Å²) in [7, 11) is 0. The van der Waals surface area contributed by atoms with Crippen LogP contribution < -0.4 is 16.0 Å². The van der Waals surface area contributed by atoms with Crippen LogP contribution in [0.1, 0.15) is 18.9 Å². The molecular formula is C15H20F2N4O2. The second-order valence-corrected chi connectivity index (χ2v) is 5.33.